The van der Waals surface area contributed by atoms with E-state index in [1.54, 1.807) is 0 Å². The molecule has 3 rings (SSSR count). The van der Waals surface area contributed by atoms with Gasteiger partial charge in [-0.3, -0.25) is 9.80 Å². The number of likely N-dealkylation sites (N-methyl/N-ethyl adjacent to an activating group) is 2. The molecule has 118 valence electrons. The quantitative estimate of drug-likeness (QED) is 0.797. The Hall–Kier alpha value is -0.420. The summed E-state index contributed by atoms with van der Waals surface area (Å²) in [7, 11) is 2.27. The maximum atomic E-state index is 3.60. The molecule has 0 bridgehead atoms. The molecule has 1 saturated heterocycles. The van der Waals surface area contributed by atoms with Crippen molar-refractivity contribution in [1.29, 1.82) is 0 Å². The summed E-state index contributed by atoms with van der Waals surface area (Å²) in [6.45, 7) is 8.16. The van der Waals surface area contributed by atoms with Gasteiger partial charge >= 0.3 is 0 Å². The summed E-state index contributed by atoms with van der Waals surface area (Å²) >= 11 is 1.98. The van der Waals surface area contributed by atoms with Crippen molar-refractivity contribution >= 4 is 11.3 Å². The Morgan fingerprint density at radius 1 is 1.29 bits per heavy atom. The highest BCUT2D eigenvalue weighted by Crippen LogP contribution is 2.23. The van der Waals surface area contributed by atoms with E-state index in [4.69, 9.17) is 0 Å². The maximum Gasteiger partial charge on any atom is 0.0325 e. The lowest BCUT2D eigenvalue weighted by atomic mass is 10.2. The van der Waals surface area contributed by atoms with Gasteiger partial charge in [0.1, 0.15) is 0 Å². The third-order valence-corrected chi connectivity index (χ3v) is 5.78. The van der Waals surface area contributed by atoms with Crippen molar-refractivity contribution in [3.8, 4) is 0 Å². The summed E-state index contributed by atoms with van der Waals surface area (Å²) in [4.78, 5) is 8.13. The second kappa shape index (κ2) is 7.23. The van der Waals surface area contributed by atoms with Crippen LogP contribution in [0.3, 0.4) is 0 Å². The van der Waals surface area contributed by atoms with Crippen LogP contribution in [0, 0.1) is 0 Å². The van der Waals surface area contributed by atoms with Crippen LogP contribution in [-0.4, -0.2) is 48.6 Å². The van der Waals surface area contributed by atoms with Crippen LogP contribution in [0.25, 0.3) is 0 Å². The van der Waals surface area contributed by atoms with Crippen molar-refractivity contribution in [3.63, 3.8) is 0 Å². The largest absolute Gasteiger partial charge is 0.309 e. The van der Waals surface area contributed by atoms with Crippen LogP contribution in [0.15, 0.2) is 12.1 Å². The molecule has 21 heavy (non-hydrogen) atoms. The van der Waals surface area contributed by atoms with Crippen molar-refractivity contribution < 1.29 is 0 Å². The average molecular weight is 308 g/mol. The Morgan fingerprint density at radius 2 is 2.10 bits per heavy atom. The van der Waals surface area contributed by atoms with E-state index in [0.29, 0.717) is 0 Å². The van der Waals surface area contributed by atoms with Crippen molar-refractivity contribution in [2.24, 2.45) is 0 Å². The lowest BCUT2D eigenvalue weighted by Gasteiger charge is -2.27. The van der Waals surface area contributed by atoms with E-state index in [2.05, 4.69) is 41.2 Å². The monoisotopic (exact) mass is 307 g/mol. The summed E-state index contributed by atoms with van der Waals surface area (Å²) in [5, 5.41) is 3.60. The first-order valence-corrected chi connectivity index (χ1v) is 9.30. The lowest BCUT2D eigenvalue weighted by molar-refractivity contribution is 0.195. The molecule has 1 unspecified atom stereocenters. The first kappa shape index (κ1) is 15.5. The lowest BCUT2D eigenvalue weighted by Crippen LogP contribution is -2.38. The van der Waals surface area contributed by atoms with Gasteiger partial charge in [0.25, 0.3) is 0 Å². The van der Waals surface area contributed by atoms with E-state index in [1.807, 2.05) is 11.3 Å². The number of hydrogen-bond donors (Lipinski definition) is 1. The summed E-state index contributed by atoms with van der Waals surface area (Å²) in [5.74, 6) is 0. The molecule has 2 aliphatic rings. The fourth-order valence-corrected chi connectivity index (χ4v) is 4.39. The normalized spacial score (nSPS) is 23.3. The van der Waals surface area contributed by atoms with E-state index >= 15 is 0 Å². The van der Waals surface area contributed by atoms with Crippen LogP contribution in [-0.2, 0) is 13.1 Å². The van der Waals surface area contributed by atoms with E-state index in [-0.39, 0.29) is 0 Å². The molecule has 1 atom stereocenters. The van der Waals surface area contributed by atoms with Crippen molar-refractivity contribution in [2.45, 2.75) is 57.8 Å². The van der Waals surface area contributed by atoms with E-state index in [1.165, 1.54) is 55.1 Å². The van der Waals surface area contributed by atoms with Gasteiger partial charge in [-0.25, -0.2) is 0 Å². The number of likely N-dealkylation sites (tertiary alicyclic amines) is 1. The van der Waals surface area contributed by atoms with Gasteiger partial charge in [-0.2, -0.15) is 0 Å². The number of nitrogens with zero attached hydrogens (tertiary/aromatic N) is 2. The molecule has 3 nitrogen and oxygen atoms in total. The number of rotatable bonds is 8. The fourth-order valence-electron chi connectivity index (χ4n) is 3.34. The summed E-state index contributed by atoms with van der Waals surface area (Å²) in [6.07, 6.45) is 5.49. The number of nitrogens with one attached hydrogen (secondary N) is 1. The molecule has 4 heteroatoms. The molecular formula is C17H29N3S. The van der Waals surface area contributed by atoms with Crippen molar-refractivity contribution in [2.75, 3.05) is 26.7 Å². The van der Waals surface area contributed by atoms with Gasteiger partial charge in [0, 0.05) is 41.5 Å². The van der Waals surface area contributed by atoms with Crippen molar-refractivity contribution in [1.82, 2.24) is 15.1 Å². The SMILES string of the molecule is CCN1CCCC1CN(C)Cc1ccc(CNC2CC2)s1. The van der Waals surface area contributed by atoms with E-state index < -0.39 is 0 Å². The first-order chi connectivity index (χ1) is 10.2. The fraction of sp³-hybridized carbons (Fsp3) is 0.765. The zero-order chi connectivity index (χ0) is 14.7. The first-order valence-electron chi connectivity index (χ1n) is 8.48. The predicted octanol–water partition coefficient (Wildman–Crippen LogP) is 2.92. The van der Waals surface area contributed by atoms with E-state index in [0.717, 1.165) is 25.2 Å². The van der Waals surface area contributed by atoms with E-state index in [9.17, 15) is 0 Å². The highest BCUT2D eigenvalue weighted by atomic mass is 32.1. The second-order valence-corrected chi connectivity index (χ2v) is 7.90. The molecule has 1 aliphatic heterocycles. The highest BCUT2D eigenvalue weighted by molar-refractivity contribution is 7.11. The molecule has 0 spiro atoms. The van der Waals surface area contributed by atoms with Gasteiger partial charge in [0.15, 0.2) is 0 Å². The Bertz CT molecular complexity index is 441. The number of thiophene rings is 1. The van der Waals surface area contributed by atoms with Gasteiger partial charge in [-0.05, 0) is 58.0 Å². The van der Waals surface area contributed by atoms with Gasteiger partial charge in [-0.1, -0.05) is 6.92 Å². The molecule has 2 heterocycles. The maximum absolute atomic E-state index is 3.60. The summed E-state index contributed by atoms with van der Waals surface area (Å²) in [6, 6.07) is 6.20. The molecule has 0 aromatic carbocycles. The minimum atomic E-state index is 0.774. The second-order valence-electron chi connectivity index (χ2n) is 6.64. The standard InChI is InChI=1S/C17H29N3S/c1-3-20-10-4-5-15(20)12-19(2)13-17-9-8-16(21-17)11-18-14-6-7-14/h8-9,14-15,18H,3-7,10-13H2,1-2H3. The molecule has 1 aromatic heterocycles. The van der Waals surface area contributed by atoms with Crippen LogP contribution < -0.4 is 5.32 Å². The Morgan fingerprint density at radius 3 is 2.86 bits per heavy atom. The smallest absolute Gasteiger partial charge is 0.0325 e. The van der Waals surface area contributed by atoms with Crippen LogP contribution in [0.5, 0.6) is 0 Å². The van der Waals surface area contributed by atoms with Crippen LogP contribution >= 0.6 is 11.3 Å². The molecule has 1 N–H and O–H groups in total. The molecule has 1 aromatic rings. The molecule has 1 aliphatic carbocycles. The zero-order valence-corrected chi connectivity index (χ0v) is 14.3. The summed E-state index contributed by atoms with van der Waals surface area (Å²) in [5.41, 5.74) is 0. The third-order valence-electron chi connectivity index (χ3n) is 4.71. The van der Waals surface area contributed by atoms with Crippen LogP contribution in [0.4, 0.5) is 0 Å². The predicted molar refractivity (Wildman–Crippen MR) is 90.8 cm³/mol. The topological polar surface area (TPSA) is 18.5 Å². The highest BCUT2D eigenvalue weighted by Gasteiger charge is 2.24. The zero-order valence-electron chi connectivity index (χ0n) is 13.5. The van der Waals surface area contributed by atoms with Gasteiger partial charge in [0.2, 0.25) is 0 Å². The Kier molecular flexibility index (Phi) is 5.33. The molecule has 2 fully saturated rings. The minimum absolute atomic E-state index is 0.774. The number of hydrogen-bond acceptors (Lipinski definition) is 4. The Balaban J connectivity index is 1.44. The summed E-state index contributed by atoms with van der Waals surface area (Å²) < 4.78 is 0. The molecule has 0 amide bonds. The third kappa shape index (κ3) is 4.52. The molecule has 1 saturated carbocycles. The van der Waals surface area contributed by atoms with Crippen molar-refractivity contribution in [3.05, 3.63) is 21.9 Å². The van der Waals surface area contributed by atoms with Crippen LogP contribution in [0.2, 0.25) is 0 Å². The van der Waals surface area contributed by atoms with Gasteiger partial charge in [0.05, 0.1) is 0 Å². The van der Waals surface area contributed by atoms with Gasteiger partial charge in [-0.15, -0.1) is 11.3 Å². The average Bonchev–Trinajstić information content (AvgIpc) is 3.02. The van der Waals surface area contributed by atoms with Gasteiger partial charge < -0.3 is 5.32 Å². The minimum Gasteiger partial charge on any atom is -0.309 e. The Labute approximate surface area is 133 Å². The molecule has 0 radical (unpaired) electrons. The van der Waals surface area contributed by atoms with Crippen LogP contribution in [0.1, 0.15) is 42.4 Å². The molecular weight excluding hydrogens is 278 g/mol.